The second kappa shape index (κ2) is 8.24. The van der Waals surface area contributed by atoms with E-state index in [1.807, 2.05) is 36.4 Å². The van der Waals surface area contributed by atoms with Crippen LogP contribution in [0.15, 0.2) is 82.3 Å². The molecule has 0 saturated heterocycles. The van der Waals surface area contributed by atoms with Crippen molar-refractivity contribution in [3.8, 4) is 11.3 Å². The van der Waals surface area contributed by atoms with Crippen molar-refractivity contribution in [2.24, 2.45) is 5.10 Å². The van der Waals surface area contributed by atoms with Gasteiger partial charge in [-0.1, -0.05) is 70.2 Å². The summed E-state index contributed by atoms with van der Waals surface area (Å²) in [6.07, 6.45) is 0.947. The fourth-order valence-electron chi connectivity index (χ4n) is 3.92. The maximum absolute atomic E-state index is 6.30. The summed E-state index contributed by atoms with van der Waals surface area (Å²) in [5.41, 5.74) is 9.42. The van der Waals surface area contributed by atoms with Gasteiger partial charge in [0.15, 0.2) is 0 Å². The van der Waals surface area contributed by atoms with Crippen LogP contribution in [0.5, 0.6) is 0 Å². The molecule has 5 nitrogen and oxygen atoms in total. The van der Waals surface area contributed by atoms with Gasteiger partial charge in [0, 0.05) is 17.0 Å². The minimum absolute atomic E-state index is 0.104. The molecule has 2 aromatic heterocycles. The predicted molar refractivity (Wildman–Crippen MR) is 135 cm³/mol. The Bertz CT molecular complexity index is 1470. The van der Waals surface area contributed by atoms with E-state index in [1.165, 1.54) is 11.1 Å². The summed E-state index contributed by atoms with van der Waals surface area (Å²) in [5.74, 6) is 1.38. The molecule has 33 heavy (non-hydrogen) atoms. The number of aromatic amines is 1. The van der Waals surface area contributed by atoms with Crippen molar-refractivity contribution in [3.63, 3.8) is 0 Å². The third-order valence-corrected chi connectivity index (χ3v) is 5.92. The fourth-order valence-corrected chi connectivity index (χ4v) is 3.92. The maximum Gasteiger partial charge on any atom is 0.222 e. The zero-order chi connectivity index (χ0) is 23.0. The Morgan fingerprint density at radius 1 is 0.970 bits per heavy atom. The number of hydrogen-bond donors (Lipinski definition) is 2. The summed E-state index contributed by atoms with van der Waals surface area (Å²) in [5, 5.41) is 6.49. The Morgan fingerprint density at radius 3 is 2.48 bits per heavy atom. The van der Waals surface area contributed by atoms with E-state index in [-0.39, 0.29) is 5.41 Å². The Morgan fingerprint density at radius 2 is 1.76 bits per heavy atom. The van der Waals surface area contributed by atoms with Gasteiger partial charge in [-0.25, -0.2) is 10.4 Å². The molecule has 0 aliphatic rings. The molecule has 2 heterocycles. The second-order valence-corrected chi connectivity index (χ2v) is 9.33. The van der Waals surface area contributed by atoms with Gasteiger partial charge in [-0.3, -0.25) is 0 Å². The molecule has 5 rings (SSSR count). The van der Waals surface area contributed by atoms with E-state index in [4.69, 9.17) is 9.52 Å². The molecule has 5 heteroatoms. The van der Waals surface area contributed by atoms with Gasteiger partial charge in [0.1, 0.15) is 11.3 Å². The van der Waals surface area contributed by atoms with Gasteiger partial charge in [0.2, 0.25) is 5.95 Å². The van der Waals surface area contributed by atoms with Crippen molar-refractivity contribution in [1.29, 1.82) is 0 Å². The first-order valence-electron chi connectivity index (χ1n) is 11.3. The van der Waals surface area contributed by atoms with Crippen LogP contribution in [-0.4, -0.2) is 9.97 Å². The van der Waals surface area contributed by atoms with Crippen LogP contribution in [0.25, 0.3) is 33.3 Å². The molecule has 0 bridgehead atoms. The van der Waals surface area contributed by atoms with E-state index in [1.54, 1.807) is 0 Å². The number of rotatable bonds is 4. The molecule has 2 N–H and O–H groups in total. The highest BCUT2D eigenvalue weighted by atomic mass is 16.3. The minimum Gasteiger partial charge on any atom is -0.456 e. The summed E-state index contributed by atoms with van der Waals surface area (Å²) in [4.78, 5) is 7.83. The van der Waals surface area contributed by atoms with Gasteiger partial charge in [-0.2, -0.15) is 5.10 Å². The van der Waals surface area contributed by atoms with E-state index >= 15 is 0 Å². The van der Waals surface area contributed by atoms with Crippen LogP contribution in [0, 0.1) is 0 Å². The first-order valence-corrected chi connectivity index (χ1v) is 11.3. The lowest BCUT2D eigenvalue weighted by molar-refractivity contribution is 0.589. The normalized spacial score (nSPS) is 12.5. The van der Waals surface area contributed by atoms with Gasteiger partial charge < -0.3 is 9.40 Å². The lowest BCUT2D eigenvalue weighted by Crippen LogP contribution is -2.10. The summed E-state index contributed by atoms with van der Waals surface area (Å²) >= 11 is 0. The molecule has 0 atom stereocenters. The standard InChI is InChI=1S/C28H28N4O/c1-5-18-10-15-25-21(16-18)24(31-32-27-29-22-8-6-7-9-23(22)30-27)17-26(33-25)19-11-13-20(14-12-19)28(2,3)4/h6-17H,5H2,1-4H3,(H2,29,30,32). The van der Waals surface area contributed by atoms with Gasteiger partial charge in [0.05, 0.1) is 16.4 Å². The number of H-pyrrole nitrogens is 1. The second-order valence-electron chi connectivity index (χ2n) is 9.33. The summed E-state index contributed by atoms with van der Waals surface area (Å²) < 4.78 is 6.30. The van der Waals surface area contributed by atoms with Crippen LogP contribution in [-0.2, 0) is 11.8 Å². The van der Waals surface area contributed by atoms with Crippen LogP contribution >= 0.6 is 0 Å². The van der Waals surface area contributed by atoms with Crippen molar-refractivity contribution in [2.75, 3.05) is 5.43 Å². The highest BCUT2D eigenvalue weighted by molar-refractivity contribution is 5.80. The first-order chi connectivity index (χ1) is 15.9. The summed E-state index contributed by atoms with van der Waals surface area (Å²) in [6.45, 7) is 8.80. The third kappa shape index (κ3) is 4.27. The molecule has 0 fully saturated rings. The van der Waals surface area contributed by atoms with Gasteiger partial charge in [-0.05, 0) is 47.2 Å². The molecular weight excluding hydrogens is 408 g/mol. The molecule has 0 radical (unpaired) electrons. The predicted octanol–water partition coefficient (Wildman–Crippen LogP) is 6.76. The number of nitrogens with one attached hydrogen (secondary N) is 2. The number of benzene rings is 3. The van der Waals surface area contributed by atoms with E-state index in [0.717, 1.165) is 45.1 Å². The number of hydrogen-bond acceptors (Lipinski definition) is 4. The molecule has 0 spiro atoms. The highest BCUT2D eigenvalue weighted by Gasteiger charge is 2.14. The van der Waals surface area contributed by atoms with Gasteiger partial charge in [0.25, 0.3) is 0 Å². The van der Waals surface area contributed by atoms with Crippen molar-refractivity contribution in [1.82, 2.24) is 9.97 Å². The number of nitrogens with zero attached hydrogens (tertiary/aromatic N) is 2. The summed E-state index contributed by atoms with van der Waals surface area (Å²) in [6, 6.07) is 24.8. The largest absolute Gasteiger partial charge is 0.456 e. The molecule has 166 valence electrons. The topological polar surface area (TPSA) is 66.2 Å². The fraction of sp³-hybridized carbons (Fsp3) is 0.214. The first kappa shape index (κ1) is 21.0. The number of aryl methyl sites for hydroxylation is 1. The quantitative estimate of drug-likeness (QED) is 0.306. The van der Waals surface area contributed by atoms with E-state index < -0.39 is 0 Å². The zero-order valence-corrected chi connectivity index (χ0v) is 19.4. The molecule has 0 saturated carbocycles. The zero-order valence-electron chi connectivity index (χ0n) is 19.4. The van der Waals surface area contributed by atoms with Gasteiger partial charge >= 0.3 is 0 Å². The average molecular weight is 437 g/mol. The number of anilines is 1. The number of para-hydroxylation sites is 2. The molecule has 0 unspecified atom stereocenters. The Kier molecular flexibility index (Phi) is 5.25. The number of fused-ring (bicyclic) bond motifs is 2. The Balaban J connectivity index is 1.61. The minimum atomic E-state index is 0.104. The molecular formula is C28H28N4O. The molecule has 0 aliphatic carbocycles. The third-order valence-electron chi connectivity index (χ3n) is 5.92. The van der Waals surface area contributed by atoms with Crippen molar-refractivity contribution in [2.45, 2.75) is 39.5 Å². The summed E-state index contributed by atoms with van der Waals surface area (Å²) in [7, 11) is 0. The maximum atomic E-state index is 6.30. The average Bonchev–Trinajstić information content (AvgIpc) is 3.24. The lowest BCUT2D eigenvalue weighted by atomic mass is 9.86. The van der Waals surface area contributed by atoms with E-state index in [2.05, 4.69) is 79.5 Å². The van der Waals surface area contributed by atoms with Crippen molar-refractivity contribution >= 4 is 28.0 Å². The Hall–Kier alpha value is -3.86. The number of imidazole rings is 1. The van der Waals surface area contributed by atoms with Crippen molar-refractivity contribution < 1.29 is 4.42 Å². The van der Waals surface area contributed by atoms with Crippen molar-refractivity contribution in [3.05, 3.63) is 89.3 Å². The van der Waals surface area contributed by atoms with Crippen LogP contribution in [0.3, 0.4) is 0 Å². The highest BCUT2D eigenvalue weighted by Crippen LogP contribution is 2.27. The van der Waals surface area contributed by atoms with Crippen LogP contribution < -0.4 is 10.8 Å². The Labute approximate surface area is 193 Å². The molecule has 5 aromatic rings. The SMILES string of the molecule is CCc1ccc2oc(-c3ccc(C(C)(C)C)cc3)cc(=NNc3nc4ccccc4[nH]3)c2c1. The van der Waals surface area contributed by atoms with Crippen LogP contribution in [0.2, 0.25) is 0 Å². The van der Waals surface area contributed by atoms with Crippen LogP contribution in [0.4, 0.5) is 5.95 Å². The molecule has 3 aromatic carbocycles. The lowest BCUT2D eigenvalue weighted by Gasteiger charge is -2.19. The molecule has 0 amide bonds. The number of aromatic nitrogens is 2. The van der Waals surface area contributed by atoms with Crippen LogP contribution in [0.1, 0.15) is 38.8 Å². The smallest absolute Gasteiger partial charge is 0.222 e. The van der Waals surface area contributed by atoms with E-state index in [9.17, 15) is 0 Å². The van der Waals surface area contributed by atoms with Gasteiger partial charge in [-0.15, -0.1) is 0 Å². The van der Waals surface area contributed by atoms with E-state index in [0.29, 0.717) is 5.95 Å². The monoisotopic (exact) mass is 436 g/mol. The molecule has 0 aliphatic heterocycles.